The van der Waals surface area contributed by atoms with Crippen molar-refractivity contribution >= 4 is 80.2 Å². The van der Waals surface area contributed by atoms with Gasteiger partial charge in [-0.3, -0.25) is 0 Å². The summed E-state index contributed by atoms with van der Waals surface area (Å²) >= 11 is 2.13. The highest BCUT2D eigenvalue weighted by molar-refractivity contribution is 8.06. The summed E-state index contributed by atoms with van der Waals surface area (Å²) in [6.45, 7) is 25.7. The quantitative estimate of drug-likeness (QED) is 0.163. The first-order valence-electron chi connectivity index (χ1n) is 29.0. The molecule has 4 nitrogen and oxygen atoms in total. The van der Waals surface area contributed by atoms with Crippen molar-refractivity contribution < 1.29 is 4.42 Å². The molecule has 5 heterocycles. The number of thioether (sulfide) groups is 1. The normalized spacial score (nSPS) is 20.3. The fourth-order valence-electron chi connectivity index (χ4n) is 15.8. The van der Waals surface area contributed by atoms with E-state index in [-0.39, 0.29) is 33.2 Å². The third kappa shape index (κ3) is 6.82. The van der Waals surface area contributed by atoms with Gasteiger partial charge in [-0.25, -0.2) is 0 Å². The van der Waals surface area contributed by atoms with Gasteiger partial charge in [0.15, 0.2) is 0 Å². The fourth-order valence-corrected chi connectivity index (χ4v) is 17.6. The van der Waals surface area contributed by atoms with Crippen molar-refractivity contribution in [1.82, 2.24) is 0 Å². The fraction of sp³-hybridized carbons (Fsp3) is 0.288. The molecule has 0 radical (unpaired) electrons. The molecule has 4 aliphatic heterocycles. The Morgan fingerprint density at radius 1 is 0.544 bits per heavy atom. The summed E-state index contributed by atoms with van der Waals surface area (Å²) in [5.41, 5.74) is 28.0. The van der Waals surface area contributed by atoms with E-state index in [1.165, 1.54) is 136 Å². The van der Waals surface area contributed by atoms with Crippen molar-refractivity contribution in [3.8, 4) is 22.5 Å². The molecule has 6 heteroatoms. The van der Waals surface area contributed by atoms with Crippen LogP contribution in [-0.2, 0) is 21.0 Å². The Balaban J connectivity index is 1.06. The second kappa shape index (κ2) is 16.7. The molecule has 2 unspecified atom stereocenters. The monoisotopic (exact) mass is 1050 g/mol. The Morgan fingerprint density at radius 3 is 1.72 bits per heavy atom. The van der Waals surface area contributed by atoms with Crippen LogP contribution in [0.5, 0.6) is 0 Å². The van der Waals surface area contributed by atoms with Crippen LogP contribution in [0.3, 0.4) is 0 Å². The molecule has 79 heavy (non-hydrogen) atoms. The van der Waals surface area contributed by atoms with Gasteiger partial charge in [0.1, 0.15) is 11.3 Å². The molecule has 9 aromatic rings. The molecule has 1 fully saturated rings. The highest BCUT2D eigenvalue weighted by atomic mass is 32.2. The molecule has 0 N–H and O–H groups in total. The minimum Gasteiger partial charge on any atom is -0.456 e. The van der Waals surface area contributed by atoms with Gasteiger partial charge in [-0.15, -0.1) is 11.8 Å². The Kier molecular flexibility index (Phi) is 10.4. The number of fused-ring (bicyclic) bond motifs is 12. The molecule has 2 atom stereocenters. The first-order chi connectivity index (χ1) is 37.9. The van der Waals surface area contributed by atoms with E-state index in [1.807, 2.05) is 0 Å². The van der Waals surface area contributed by atoms with Crippen LogP contribution in [0.4, 0.5) is 39.8 Å². The largest absolute Gasteiger partial charge is 0.456 e. The van der Waals surface area contributed by atoms with Crippen LogP contribution in [0, 0.1) is 20.8 Å². The van der Waals surface area contributed by atoms with Gasteiger partial charge < -0.3 is 19.1 Å². The standard InChI is InChI=1S/C73H70BN3OS/c1-44-36-45(2)66(46(3)37-44)65-39-47-38-58-60(42-64(47)78-65)75(50-30-26-48(27-31-50)69(4,5)6)61-40-52(77-59-25-17-16-24-57(59)71(10)34-18-19-35-72(71,77)11)41-62-67(61)74(58)68-63(76(62)51-32-28-49(29-33-51)70(7,8)9)43-73(79-68)55-22-14-12-20-53(55)54-21-13-15-23-56(54)73/h12-17,20-33,36-42H,18-19,34-35,43H2,1-11H3. The number of para-hydroxylation sites is 1. The average molecular weight is 1050 g/mol. The molecule has 1 saturated carbocycles. The topological polar surface area (TPSA) is 22.9 Å². The first-order valence-corrected chi connectivity index (χ1v) is 29.8. The zero-order chi connectivity index (χ0) is 54.3. The van der Waals surface area contributed by atoms with Gasteiger partial charge >= 0.3 is 0 Å². The molecule has 15 rings (SSSR count). The number of benzene rings is 8. The predicted octanol–water partition coefficient (Wildman–Crippen LogP) is 18.7. The summed E-state index contributed by atoms with van der Waals surface area (Å²) in [6, 6.07) is 64.1. The first kappa shape index (κ1) is 48.9. The Labute approximate surface area is 472 Å². The van der Waals surface area contributed by atoms with E-state index >= 15 is 0 Å². The lowest BCUT2D eigenvalue weighted by Crippen LogP contribution is -2.56. The van der Waals surface area contributed by atoms with E-state index in [2.05, 4.69) is 266 Å². The Hall–Kier alpha value is -7.15. The molecule has 8 aromatic carbocycles. The molecule has 6 aliphatic rings. The van der Waals surface area contributed by atoms with Gasteiger partial charge in [-0.1, -0.05) is 176 Å². The molecule has 0 saturated heterocycles. The molecule has 0 bridgehead atoms. The average Bonchev–Trinajstić information content (AvgIpc) is 2.36. The van der Waals surface area contributed by atoms with E-state index in [4.69, 9.17) is 4.42 Å². The number of anilines is 7. The molecule has 1 aromatic heterocycles. The predicted molar refractivity (Wildman–Crippen MR) is 336 cm³/mol. The second-order valence-electron chi connectivity index (χ2n) is 26.6. The van der Waals surface area contributed by atoms with Crippen molar-refractivity contribution in [2.45, 2.75) is 135 Å². The van der Waals surface area contributed by atoms with E-state index in [0.29, 0.717) is 0 Å². The number of hydrogen-bond acceptors (Lipinski definition) is 5. The van der Waals surface area contributed by atoms with Crippen LogP contribution in [-0.4, -0.2) is 12.3 Å². The lowest BCUT2D eigenvalue weighted by molar-refractivity contribution is 0.195. The second-order valence-corrected chi connectivity index (χ2v) is 27.9. The van der Waals surface area contributed by atoms with Crippen LogP contribution in [0.25, 0.3) is 33.4 Å². The van der Waals surface area contributed by atoms with E-state index in [0.717, 1.165) is 35.3 Å². The van der Waals surface area contributed by atoms with E-state index < -0.39 is 0 Å². The zero-order valence-corrected chi connectivity index (χ0v) is 48.7. The van der Waals surface area contributed by atoms with Crippen LogP contribution < -0.4 is 25.6 Å². The third-order valence-corrected chi connectivity index (χ3v) is 21.4. The summed E-state index contributed by atoms with van der Waals surface area (Å²) < 4.78 is 6.85. The highest BCUT2D eigenvalue weighted by Crippen LogP contribution is 2.68. The number of aryl methyl sites for hydroxylation is 3. The molecule has 1 spiro atoms. The van der Waals surface area contributed by atoms with Crippen LogP contribution >= 0.6 is 11.8 Å². The van der Waals surface area contributed by atoms with E-state index in [1.54, 1.807) is 0 Å². The summed E-state index contributed by atoms with van der Waals surface area (Å²) in [5.74, 6) is 0.923. The summed E-state index contributed by atoms with van der Waals surface area (Å²) in [4.78, 5) is 9.59. The maximum Gasteiger partial charge on any atom is 0.259 e. The number of rotatable bonds is 4. The summed E-state index contributed by atoms with van der Waals surface area (Å²) in [5, 5.41) is 1.13. The van der Waals surface area contributed by atoms with Gasteiger partial charge in [0.25, 0.3) is 6.71 Å². The maximum absolute atomic E-state index is 7.18. The maximum atomic E-state index is 7.18. The molecule has 2 aliphatic carbocycles. The number of furan rings is 1. The lowest BCUT2D eigenvalue weighted by atomic mass is 9.36. The van der Waals surface area contributed by atoms with E-state index in [9.17, 15) is 0 Å². The van der Waals surface area contributed by atoms with Gasteiger partial charge in [0.2, 0.25) is 0 Å². The number of hydrogen-bond donors (Lipinski definition) is 0. The van der Waals surface area contributed by atoms with Crippen molar-refractivity contribution in [3.63, 3.8) is 0 Å². The van der Waals surface area contributed by atoms with Crippen LogP contribution in [0.1, 0.15) is 132 Å². The lowest BCUT2D eigenvalue weighted by Gasteiger charge is -2.51. The number of allylic oxidation sites excluding steroid dienone is 1. The van der Waals surface area contributed by atoms with Crippen LogP contribution in [0.15, 0.2) is 179 Å². The van der Waals surface area contributed by atoms with Gasteiger partial charge in [0.05, 0.1) is 10.3 Å². The zero-order valence-electron chi connectivity index (χ0n) is 47.9. The summed E-state index contributed by atoms with van der Waals surface area (Å²) in [6.07, 6.45) is 5.61. The van der Waals surface area contributed by atoms with Crippen molar-refractivity contribution in [2.75, 3.05) is 14.7 Å². The Morgan fingerprint density at radius 2 is 1.10 bits per heavy atom. The molecule has 392 valence electrons. The SMILES string of the molecule is Cc1cc(C)c(-c2cc3cc4c(cc3o2)N(c2ccc(C(C)(C)C)cc2)c2cc(N3c5ccccc5C5(C)CCCCC35C)cc3c2B4C2=C(CC4(S2)c2ccccc2-c2ccccc24)N3c2ccc(C(C)(C)C)cc2)c(C)c1. The van der Waals surface area contributed by atoms with Gasteiger partial charge in [-0.05, 0) is 166 Å². The van der Waals surface area contributed by atoms with Crippen molar-refractivity contribution in [2.24, 2.45) is 0 Å². The molecular formula is C73H70BN3OS. The highest BCUT2D eigenvalue weighted by Gasteiger charge is 2.60. The van der Waals surface area contributed by atoms with Gasteiger partial charge in [0, 0.05) is 74.4 Å². The van der Waals surface area contributed by atoms with Crippen molar-refractivity contribution in [1.29, 1.82) is 0 Å². The smallest absolute Gasteiger partial charge is 0.259 e. The van der Waals surface area contributed by atoms with Crippen molar-refractivity contribution in [3.05, 3.63) is 219 Å². The minimum atomic E-state index is -0.328. The van der Waals surface area contributed by atoms with Gasteiger partial charge in [-0.2, -0.15) is 0 Å². The Bertz CT molecular complexity index is 4030. The van der Waals surface area contributed by atoms with Crippen LogP contribution in [0.2, 0.25) is 0 Å². The molecule has 0 amide bonds. The molecular weight excluding hydrogens is 978 g/mol. The number of nitrogens with zero attached hydrogens (tertiary/aromatic N) is 3. The minimum absolute atomic E-state index is 0.00420. The summed E-state index contributed by atoms with van der Waals surface area (Å²) in [7, 11) is 0. The third-order valence-electron chi connectivity index (χ3n) is 19.8.